The van der Waals surface area contributed by atoms with Crippen LogP contribution in [0.25, 0.3) is 0 Å². The molecule has 1 fully saturated rings. The van der Waals surface area contributed by atoms with Gasteiger partial charge in [-0.15, -0.1) is 0 Å². The topological polar surface area (TPSA) is 82.5 Å². The molecule has 2 heterocycles. The molecule has 148 valence electrons. The summed E-state index contributed by atoms with van der Waals surface area (Å²) in [5.74, 6) is -1.63. The highest BCUT2D eigenvalue weighted by Gasteiger charge is 2.33. The Labute approximate surface area is 163 Å². The average molecular weight is 385 g/mol. The number of piperidine rings is 1. The van der Waals surface area contributed by atoms with Gasteiger partial charge >= 0.3 is 5.97 Å². The first-order valence-electron chi connectivity index (χ1n) is 9.36. The highest BCUT2D eigenvalue weighted by molar-refractivity contribution is 5.79. The zero-order chi connectivity index (χ0) is 20.1. The van der Waals surface area contributed by atoms with E-state index in [4.69, 9.17) is 0 Å². The molecule has 1 amide bonds. The van der Waals surface area contributed by atoms with E-state index < -0.39 is 17.8 Å². The summed E-state index contributed by atoms with van der Waals surface area (Å²) < 4.78 is 13.9. The van der Waals surface area contributed by atoms with E-state index in [0.717, 1.165) is 5.69 Å². The fourth-order valence-corrected chi connectivity index (χ4v) is 3.53. The molecule has 0 bridgehead atoms. The molecule has 0 radical (unpaired) electrons. The van der Waals surface area contributed by atoms with Gasteiger partial charge in [0.1, 0.15) is 11.9 Å². The van der Waals surface area contributed by atoms with E-state index in [9.17, 15) is 19.1 Å². The number of halogens is 1. The molecule has 0 spiro atoms. The number of carboxylic acid groups (broad SMARTS) is 1. The molecule has 1 atom stereocenters. The van der Waals surface area contributed by atoms with Gasteiger partial charge < -0.3 is 10.4 Å². The van der Waals surface area contributed by atoms with Crippen molar-refractivity contribution < 1.29 is 19.1 Å². The Morgan fingerprint density at radius 1 is 1.29 bits per heavy atom. The number of carboxylic acids is 1. The summed E-state index contributed by atoms with van der Waals surface area (Å²) in [5, 5.41) is 12.6. The Kier molecular flexibility index (Phi) is 6.36. The molecule has 7 heteroatoms. The van der Waals surface area contributed by atoms with E-state index >= 15 is 0 Å². The van der Waals surface area contributed by atoms with Crippen molar-refractivity contribution in [1.29, 1.82) is 0 Å². The number of benzene rings is 1. The quantitative estimate of drug-likeness (QED) is 0.799. The normalized spacial score (nSPS) is 16.5. The number of nitrogens with zero attached hydrogens (tertiary/aromatic N) is 2. The molecule has 0 aliphatic carbocycles. The van der Waals surface area contributed by atoms with Gasteiger partial charge in [0.2, 0.25) is 5.91 Å². The van der Waals surface area contributed by atoms with Crippen LogP contribution in [-0.2, 0) is 16.1 Å². The molecule has 3 rings (SSSR count). The lowest BCUT2D eigenvalue weighted by Crippen LogP contribution is -2.43. The first-order valence-corrected chi connectivity index (χ1v) is 9.36. The molecular formula is C21H24FN3O3. The zero-order valence-electron chi connectivity index (χ0n) is 15.8. The highest BCUT2D eigenvalue weighted by atomic mass is 19.1. The summed E-state index contributed by atoms with van der Waals surface area (Å²) in [6.07, 6.45) is 2.80. The van der Waals surface area contributed by atoms with Crippen LogP contribution in [0.2, 0.25) is 0 Å². The lowest BCUT2D eigenvalue weighted by molar-refractivity contribution is -0.144. The van der Waals surface area contributed by atoms with Crippen molar-refractivity contribution >= 4 is 11.9 Å². The number of carbonyl (C=O) groups excluding carboxylic acids is 1. The highest BCUT2D eigenvalue weighted by Crippen LogP contribution is 2.28. The number of hydrogen-bond donors (Lipinski definition) is 2. The maximum atomic E-state index is 13.9. The van der Waals surface area contributed by atoms with Crippen LogP contribution >= 0.6 is 0 Å². The summed E-state index contributed by atoms with van der Waals surface area (Å²) in [6, 6.07) is 9.17. The van der Waals surface area contributed by atoms with Crippen molar-refractivity contribution in [3.05, 3.63) is 65.2 Å². The minimum absolute atomic E-state index is 0.0430. The largest absolute Gasteiger partial charge is 0.480 e. The van der Waals surface area contributed by atoms with E-state index in [2.05, 4.69) is 10.3 Å². The second-order valence-electron chi connectivity index (χ2n) is 7.10. The van der Waals surface area contributed by atoms with Crippen molar-refractivity contribution in [3.8, 4) is 0 Å². The van der Waals surface area contributed by atoms with Gasteiger partial charge in [0, 0.05) is 25.2 Å². The van der Waals surface area contributed by atoms with Crippen molar-refractivity contribution in [1.82, 2.24) is 15.2 Å². The van der Waals surface area contributed by atoms with Crippen LogP contribution in [0.1, 0.15) is 35.7 Å². The maximum Gasteiger partial charge on any atom is 0.325 e. The molecule has 1 unspecified atom stereocenters. The van der Waals surface area contributed by atoms with Crippen LogP contribution < -0.4 is 5.32 Å². The van der Waals surface area contributed by atoms with Crippen LogP contribution in [-0.4, -0.2) is 40.0 Å². The monoisotopic (exact) mass is 385 g/mol. The van der Waals surface area contributed by atoms with E-state index in [1.54, 1.807) is 30.2 Å². The number of aryl methyl sites for hydroxylation is 1. The third-order valence-electron chi connectivity index (χ3n) is 5.18. The van der Waals surface area contributed by atoms with Crippen LogP contribution in [0.3, 0.4) is 0 Å². The molecule has 1 aliphatic heterocycles. The van der Waals surface area contributed by atoms with E-state index in [1.807, 2.05) is 18.2 Å². The molecule has 1 aromatic carbocycles. The lowest BCUT2D eigenvalue weighted by Gasteiger charge is -2.35. The number of nitrogens with one attached hydrogen (secondary N) is 1. The SMILES string of the molecule is Cc1ccc(C(C(=O)O)N2CCC(C(=O)NCc3ccccn3)CC2)cc1F. The molecule has 1 aliphatic rings. The van der Waals surface area contributed by atoms with Gasteiger partial charge in [-0.25, -0.2) is 4.39 Å². The van der Waals surface area contributed by atoms with Gasteiger partial charge in [0.15, 0.2) is 0 Å². The second kappa shape index (κ2) is 8.93. The zero-order valence-corrected chi connectivity index (χ0v) is 15.8. The van der Waals surface area contributed by atoms with Crippen molar-refractivity contribution in [2.24, 2.45) is 5.92 Å². The molecule has 1 aromatic heterocycles. The fourth-order valence-electron chi connectivity index (χ4n) is 3.53. The molecule has 0 saturated carbocycles. The molecule has 1 saturated heterocycles. The van der Waals surface area contributed by atoms with Gasteiger partial charge in [0.05, 0.1) is 12.2 Å². The Bertz CT molecular complexity index is 836. The van der Waals surface area contributed by atoms with Crippen LogP contribution in [0.5, 0.6) is 0 Å². The van der Waals surface area contributed by atoms with Gasteiger partial charge in [0.25, 0.3) is 0 Å². The number of carbonyl (C=O) groups is 2. The van der Waals surface area contributed by atoms with E-state index in [-0.39, 0.29) is 11.8 Å². The minimum Gasteiger partial charge on any atom is -0.480 e. The van der Waals surface area contributed by atoms with Gasteiger partial charge in [-0.1, -0.05) is 18.2 Å². The van der Waals surface area contributed by atoms with Gasteiger partial charge in [-0.3, -0.25) is 19.5 Å². The number of aromatic nitrogens is 1. The smallest absolute Gasteiger partial charge is 0.325 e. The number of hydrogen-bond acceptors (Lipinski definition) is 4. The van der Waals surface area contributed by atoms with Crippen LogP contribution in [0.4, 0.5) is 4.39 Å². The molecule has 28 heavy (non-hydrogen) atoms. The third kappa shape index (κ3) is 4.72. The van der Waals surface area contributed by atoms with Crippen LogP contribution in [0.15, 0.2) is 42.6 Å². The minimum atomic E-state index is -1.01. The van der Waals surface area contributed by atoms with Crippen LogP contribution in [0, 0.1) is 18.7 Å². The predicted molar refractivity (Wildman–Crippen MR) is 102 cm³/mol. The third-order valence-corrected chi connectivity index (χ3v) is 5.18. The summed E-state index contributed by atoms with van der Waals surface area (Å²) in [7, 11) is 0. The molecule has 2 aromatic rings. The Morgan fingerprint density at radius 3 is 2.64 bits per heavy atom. The number of amides is 1. The number of likely N-dealkylation sites (tertiary alicyclic amines) is 1. The standard InChI is InChI=1S/C21H24FN3O3/c1-14-5-6-16(12-18(14)22)19(21(27)28)25-10-7-15(8-11-25)20(26)24-13-17-4-2-3-9-23-17/h2-6,9,12,15,19H,7-8,10-11,13H2,1H3,(H,24,26)(H,27,28). The van der Waals surface area contributed by atoms with E-state index in [1.165, 1.54) is 6.07 Å². The number of aliphatic carboxylic acids is 1. The summed E-state index contributed by atoms with van der Waals surface area (Å²) >= 11 is 0. The van der Waals surface area contributed by atoms with Gasteiger partial charge in [-0.2, -0.15) is 0 Å². The maximum absolute atomic E-state index is 13.9. The summed E-state index contributed by atoms with van der Waals surface area (Å²) in [5.41, 5.74) is 1.70. The molecule has 6 nitrogen and oxygen atoms in total. The lowest BCUT2D eigenvalue weighted by atomic mass is 9.93. The summed E-state index contributed by atoms with van der Waals surface area (Å²) in [6.45, 7) is 2.95. The molecule has 2 N–H and O–H groups in total. The van der Waals surface area contributed by atoms with Gasteiger partial charge in [-0.05, 0) is 49.1 Å². The summed E-state index contributed by atoms with van der Waals surface area (Å²) in [4.78, 5) is 30.2. The van der Waals surface area contributed by atoms with Crippen molar-refractivity contribution in [3.63, 3.8) is 0 Å². The van der Waals surface area contributed by atoms with E-state index in [0.29, 0.717) is 43.6 Å². The number of rotatable bonds is 6. The Balaban J connectivity index is 1.58. The van der Waals surface area contributed by atoms with Crippen molar-refractivity contribution in [2.75, 3.05) is 13.1 Å². The predicted octanol–water partition coefficient (Wildman–Crippen LogP) is 2.68. The first kappa shape index (κ1) is 19.9. The fraction of sp³-hybridized carbons (Fsp3) is 0.381. The first-order chi connectivity index (χ1) is 13.5. The second-order valence-corrected chi connectivity index (χ2v) is 7.10. The number of pyridine rings is 1. The Morgan fingerprint density at radius 2 is 2.04 bits per heavy atom. The molecular weight excluding hydrogens is 361 g/mol. The Hall–Kier alpha value is -2.80. The average Bonchev–Trinajstić information content (AvgIpc) is 2.70. The van der Waals surface area contributed by atoms with Crippen molar-refractivity contribution in [2.45, 2.75) is 32.4 Å².